The van der Waals surface area contributed by atoms with E-state index in [1.807, 2.05) is 13.1 Å². The molecule has 0 unspecified atom stereocenters. The average molecular weight is 465 g/mol. The summed E-state index contributed by atoms with van der Waals surface area (Å²) in [6.07, 6.45) is -10.2. The quantitative estimate of drug-likeness (QED) is 0.573. The van der Waals surface area contributed by atoms with Gasteiger partial charge in [0.25, 0.3) is 0 Å². The van der Waals surface area contributed by atoms with Gasteiger partial charge < -0.3 is 29.9 Å². The topological polar surface area (TPSA) is 121 Å². The first kappa shape index (κ1) is 28.2. The molecular weight excluding hydrogens is 444 g/mol. The largest absolute Gasteiger partial charge is 0.490 e. The number of aliphatic carboxylic acids is 2. The number of hydrogen-bond acceptors (Lipinski definition) is 7. The van der Waals surface area contributed by atoms with E-state index >= 15 is 0 Å². The monoisotopic (exact) mass is 465 g/mol. The number of rotatable bonds is 4. The summed E-state index contributed by atoms with van der Waals surface area (Å²) in [5.74, 6) is -3.85. The fraction of sp³-hybridized carbons (Fsp3) is 0.562. The maximum absolute atomic E-state index is 10.6. The number of pyridine rings is 1. The summed E-state index contributed by atoms with van der Waals surface area (Å²) in [6.45, 7) is 3.87. The number of likely N-dealkylation sites (N-methyl/N-ethyl adjacent to an activating group) is 1. The number of carboxylic acids is 2. The molecule has 2 heterocycles. The first-order valence-corrected chi connectivity index (χ1v) is 8.33. The standard InChI is InChI=1S/C12H19N3O2.2C2HF3O2/c1-15(6-8-16-2)11-4-3-10-9-13-5-7-17-12(10)14-11;2*3-2(4,5)1(6)7/h3-4,13H,5-9H2,1-2H3;2*(H,6,7). The van der Waals surface area contributed by atoms with E-state index in [-0.39, 0.29) is 0 Å². The van der Waals surface area contributed by atoms with Crippen LogP contribution < -0.4 is 15.0 Å². The van der Waals surface area contributed by atoms with Gasteiger partial charge in [-0.25, -0.2) is 9.59 Å². The first-order valence-electron chi connectivity index (χ1n) is 8.33. The molecule has 1 aliphatic rings. The second-order valence-electron chi connectivity index (χ2n) is 5.68. The van der Waals surface area contributed by atoms with Gasteiger partial charge >= 0.3 is 24.3 Å². The fourth-order valence-corrected chi connectivity index (χ4v) is 1.72. The average Bonchev–Trinajstić information content (AvgIpc) is 2.90. The predicted octanol–water partition coefficient (Wildman–Crippen LogP) is 1.91. The Morgan fingerprint density at radius 1 is 1.16 bits per heavy atom. The van der Waals surface area contributed by atoms with Crippen molar-refractivity contribution in [2.24, 2.45) is 0 Å². The van der Waals surface area contributed by atoms with Crippen LogP contribution in [0, 0.1) is 0 Å². The second-order valence-corrected chi connectivity index (χ2v) is 5.68. The maximum Gasteiger partial charge on any atom is 0.490 e. The molecule has 15 heteroatoms. The van der Waals surface area contributed by atoms with Crippen LogP contribution in [-0.2, 0) is 20.9 Å². The van der Waals surface area contributed by atoms with Crippen molar-refractivity contribution in [3.63, 3.8) is 0 Å². The van der Waals surface area contributed by atoms with E-state index < -0.39 is 24.3 Å². The van der Waals surface area contributed by atoms with Crippen LogP contribution >= 0.6 is 0 Å². The van der Waals surface area contributed by atoms with Crippen molar-refractivity contribution >= 4 is 17.8 Å². The SMILES string of the molecule is COCCN(C)c1ccc2c(n1)OCCNC2.O=C(O)C(F)(F)F.O=C(O)C(F)(F)F. The number of ether oxygens (including phenoxy) is 2. The summed E-state index contributed by atoms with van der Waals surface area (Å²) >= 11 is 0. The summed E-state index contributed by atoms with van der Waals surface area (Å²) < 4.78 is 74.1. The highest BCUT2D eigenvalue weighted by Crippen LogP contribution is 2.21. The predicted molar refractivity (Wildman–Crippen MR) is 94.0 cm³/mol. The Kier molecular flexibility index (Phi) is 11.6. The molecule has 1 aromatic rings. The Morgan fingerprint density at radius 2 is 1.68 bits per heavy atom. The number of carbonyl (C=O) groups is 2. The Bertz CT molecular complexity index is 690. The van der Waals surface area contributed by atoms with Gasteiger partial charge in [-0.1, -0.05) is 0 Å². The van der Waals surface area contributed by atoms with Crippen molar-refractivity contribution in [3.05, 3.63) is 17.7 Å². The van der Waals surface area contributed by atoms with Crippen molar-refractivity contribution in [1.29, 1.82) is 0 Å². The molecule has 0 atom stereocenters. The molecule has 0 saturated heterocycles. The highest BCUT2D eigenvalue weighted by Gasteiger charge is 2.38. The molecule has 9 nitrogen and oxygen atoms in total. The van der Waals surface area contributed by atoms with Gasteiger partial charge in [-0.15, -0.1) is 0 Å². The summed E-state index contributed by atoms with van der Waals surface area (Å²) in [5, 5.41) is 17.5. The van der Waals surface area contributed by atoms with E-state index in [1.54, 1.807) is 7.11 Å². The zero-order valence-corrected chi connectivity index (χ0v) is 16.4. The molecule has 0 fully saturated rings. The number of aromatic nitrogens is 1. The Morgan fingerprint density at radius 3 is 2.13 bits per heavy atom. The summed E-state index contributed by atoms with van der Waals surface area (Å²) in [6, 6.07) is 4.09. The Labute approximate surface area is 172 Å². The molecule has 31 heavy (non-hydrogen) atoms. The van der Waals surface area contributed by atoms with Crippen LogP contribution in [0.5, 0.6) is 5.88 Å². The number of halogens is 6. The molecule has 0 saturated carbocycles. The van der Waals surface area contributed by atoms with E-state index in [1.165, 1.54) is 0 Å². The maximum atomic E-state index is 10.6. The zero-order chi connectivity index (χ0) is 24.2. The number of anilines is 1. The molecule has 0 amide bonds. The van der Waals surface area contributed by atoms with Crippen molar-refractivity contribution in [3.8, 4) is 5.88 Å². The van der Waals surface area contributed by atoms with Gasteiger partial charge in [0, 0.05) is 39.4 Å². The molecule has 0 aliphatic carbocycles. The molecule has 1 aliphatic heterocycles. The Hall–Kier alpha value is -2.81. The lowest BCUT2D eigenvalue weighted by atomic mass is 10.2. The molecule has 0 aromatic carbocycles. The molecular formula is C16H21F6N3O6. The van der Waals surface area contributed by atoms with E-state index in [0.717, 1.165) is 36.9 Å². The van der Waals surface area contributed by atoms with Crippen molar-refractivity contribution in [1.82, 2.24) is 10.3 Å². The lowest BCUT2D eigenvalue weighted by Gasteiger charge is -2.18. The molecule has 3 N–H and O–H groups in total. The van der Waals surface area contributed by atoms with Gasteiger partial charge in [-0.2, -0.15) is 31.3 Å². The van der Waals surface area contributed by atoms with Crippen LogP contribution in [0.4, 0.5) is 32.2 Å². The third-order valence-electron chi connectivity index (χ3n) is 3.26. The highest BCUT2D eigenvalue weighted by molar-refractivity contribution is 5.73. The van der Waals surface area contributed by atoms with Crippen LogP contribution in [-0.4, -0.2) is 79.9 Å². The molecule has 2 rings (SSSR count). The van der Waals surface area contributed by atoms with Crippen LogP contribution in [0.1, 0.15) is 5.56 Å². The zero-order valence-electron chi connectivity index (χ0n) is 16.4. The van der Waals surface area contributed by atoms with Crippen molar-refractivity contribution in [2.45, 2.75) is 18.9 Å². The minimum absolute atomic E-state index is 0.672. The molecule has 178 valence electrons. The van der Waals surface area contributed by atoms with E-state index in [4.69, 9.17) is 29.3 Å². The van der Waals surface area contributed by atoms with Crippen molar-refractivity contribution in [2.75, 3.05) is 45.4 Å². The number of methoxy groups -OCH3 is 1. The number of alkyl halides is 6. The lowest BCUT2D eigenvalue weighted by Crippen LogP contribution is -2.23. The second kappa shape index (κ2) is 12.8. The van der Waals surface area contributed by atoms with Gasteiger partial charge in [0.05, 0.1) is 6.61 Å². The fourth-order valence-electron chi connectivity index (χ4n) is 1.72. The van der Waals surface area contributed by atoms with Crippen LogP contribution in [0.15, 0.2) is 12.1 Å². The summed E-state index contributed by atoms with van der Waals surface area (Å²) in [4.78, 5) is 24.4. The number of fused-ring (bicyclic) bond motifs is 1. The normalized spacial score (nSPS) is 13.2. The number of nitrogens with zero attached hydrogens (tertiary/aromatic N) is 2. The summed E-state index contributed by atoms with van der Waals surface area (Å²) in [7, 11) is 3.70. The third kappa shape index (κ3) is 11.8. The minimum Gasteiger partial charge on any atom is -0.476 e. The Balaban J connectivity index is 0.000000536. The van der Waals surface area contributed by atoms with Gasteiger partial charge in [0.1, 0.15) is 12.4 Å². The molecule has 1 aromatic heterocycles. The molecule has 0 bridgehead atoms. The van der Waals surface area contributed by atoms with Crippen LogP contribution in [0.2, 0.25) is 0 Å². The lowest BCUT2D eigenvalue weighted by molar-refractivity contribution is -0.193. The number of carboxylic acid groups (broad SMARTS) is 2. The summed E-state index contributed by atoms with van der Waals surface area (Å²) in [5.41, 5.74) is 1.12. The minimum atomic E-state index is -5.08. The van der Waals surface area contributed by atoms with Gasteiger partial charge in [-0.3, -0.25) is 0 Å². The molecule has 0 spiro atoms. The van der Waals surface area contributed by atoms with Gasteiger partial charge in [-0.05, 0) is 12.1 Å². The third-order valence-corrected chi connectivity index (χ3v) is 3.26. The number of nitrogens with one attached hydrogen (secondary N) is 1. The van der Waals surface area contributed by atoms with E-state index in [0.29, 0.717) is 13.2 Å². The van der Waals surface area contributed by atoms with Gasteiger partial charge in [0.15, 0.2) is 0 Å². The van der Waals surface area contributed by atoms with Crippen molar-refractivity contribution < 1.29 is 55.6 Å². The highest BCUT2D eigenvalue weighted by atomic mass is 19.4. The van der Waals surface area contributed by atoms with Crippen LogP contribution in [0.25, 0.3) is 0 Å². The first-order chi connectivity index (χ1) is 14.2. The van der Waals surface area contributed by atoms with Gasteiger partial charge in [0.2, 0.25) is 5.88 Å². The molecule has 0 radical (unpaired) electrons. The van der Waals surface area contributed by atoms with E-state index in [2.05, 4.69) is 21.3 Å². The number of hydrogen-bond donors (Lipinski definition) is 3. The van der Waals surface area contributed by atoms with Crippen LogP contribution in [0.3, 0.4) is 0 Å². The van der Waals surface area contributed by atoms with E-state index in [9.17, 15) is 26.3 Å². The smallest absolute Gasteiger partial charge is 0.476 e.